The SMILES string of the molecule is CCCC[S+]([O-])N[C@@](C)(CC=O)c1cccc(C)c1F. The molecule has 0 aliphatic heterocycles. The fourth-order valence-electron chi connectivity index (χ4n) is 2.02. The molecule has 0 radical (unpaired) electrons. The topological polar surface area (TPSA) is 52.2 Å². The van der Waals surface area contributed by atoms with E-state index in [0.29, 0.717) is 16.9 Å². The molecule has 0 heterocycles. The van der Waals surface area contributed by atoms with Crippen molar-refractivity contribution in [3.63, 3.8) is 0 Å². The van der Waals surface area contributed by atoms with Gasteiger partial charge in [-0.25, -0.2) is 4.39 Å². The normalized spacial score (nSPS) is 15.7. The molecule has 2 atom stereocenters. The molecule has 0 amide bonds. The summed E-state index contributed by atoms with van der Waals surface area (Å²) >= 11 is -1.28. The van der Waals surface area contributed by atoms with Crippen LogP contribution in [0.25, 0.3) is 0 Å². The third-order valence-electron chi connectivity index (χ3n) is 3.30. The molecule has 0 spiro atoms. The predicted octanol–water partition coefficient (Wildman–Crippen LogP) is 2.99. The van der Waals surface area contributed by atoms with Crippen molar-refractivity contribution in [2.75, 3.05) is 5.75 Å². The van der Waals surface area contributed by atoms with Crippen molar-refractivity contribution in [1.29, 1.82) is 0 Å². The summed E-state index contributed by atoms with van der Waals surface area (Å²) in [7, 11) is 0. The van der Waals surface area contributed by atoms with E-state index in [-0.39, 0.29) is 12.2 Å². The number of unbranched alkanes of at least 4 members (excludes halogenated alkanes) is 1. The molecule has 1 rings (SSSR count). The Balaban J connectivity index is 3.01. The summed E-state index contributed by atoms with van der Waals surface area (Å²) in [6.07, 6.45) is 2.57. The zero-order valence-electron chi connectivity index (χ0n) is 12.2. The van der Waals surface area contributed by atoms with E-state index in [2.05, 4.69) is 4.72 Å². The Morgan fingerprint density at radius 1 is 1.50 bits per heavy atom. The smallest absolute Gasteiger partial charge is 0.131 e. The predicted molar refractivity (Wildman–Crippen MR) is 80.2 cm³/mol. The first-order chi connectivity index (χ1) is 9.44. The Bertz CT molecular complexity index is 455. The second-order valence-electron chi connectivity index (χ2n) is 5.14. The second-order valence-corrected chi connectivity index (χ2v) is 6.45. The molecule has 1 aromatic carbocycles. The Kier molecular flexibility index (Phi) is 6.65. The lowest BCUT2D eigenvalue weighted by Gasteiger charge is -2.30. The van der Waals surface area contributed by atoms with Gasteiger partial charge in [-0.05, 0) is 25.8 Å². The van der Waals surface area contributed by atoms with Gasteiger partial charge in [0.2, 0.25) is 0 Å². The lowest BCUT2D eigenvalue weighted by Crippen LogP contribution is -2.45. The van der Waals surface area contributed by atoms with E-state index in [1.807, 2.05) is 6.92 Å². The fourth-order valence-corrected chi connectivity index (χ4v) is 3.37. The summed E-state index contributed by atoms with van der Waals surface area (Å²) in [5, 5.41) is 0. The highest BCUT2D eigenvalue weighted by Gasteiger charge is 2.34. The van der Waals surface area contributed by atoms with Gasteiger partial charge in [-0.15, -0.1) is 4.72 Å². The monoisotopic (exact) mass is 299 g/mol. The van der Waals surface area contributed by atoms with Gasteiger partial charge >= 0.3 is 0 Å². The van der Waals surface area contributed by atoms with E-state index in [9.17, 15) is 13.7 Å². The molecule has 0 aliphatic carbocycles. The third kappa shape index (κ3) is 4.30. The number of rotatable bonds is 8. The lowest BCUT2D eigenvalue weighted by molar-refractivity contribution is -0.108. The molecule has 1 unspecified atom stereocenters. The number of halogens is 1. The number of hydrogen-bond donors (Lipinski definition) is 1. The van der Waals surface area contributed by atoms with Crippen LogP contribution in [-0.4, -0.2) is 16.6 Å². The maximum absolute atomic E-state index is 14.3. The van der Waals surface area contributed by atoms with Gasteiger partial charge in [-0.3, -0.25) is 0 Å². The molecule has 20 heavy (non-hydrogen) atoms. The zero-order valence-corrected chi connectivity index (χ0v) is 13.1. The minimum atomic E-state index is -1.28. The van der Waals surface area contributed by atoms with Crippen LogP contribution in [-0.2, 0) is 21.7 Å². The summed E-state index contributed by atoms with van der Waals surface area (Å²) in [6, 6.07) is 5.05. The average molecular weight is 299 g/mol. The molecule has 0 fully saturated rings. The Morgan fingerprint density at radius 2 is 2.20 bits per heavy atom. The number of carbonyl (C=O) groups is 1. The van der Waals surface area contributed by atoms with Gasteiger partial charge in [0.15, 0.2) is 0 Å². The molecule has 0 bridgehead atoms. The minimum Gasteiger partial charge on any atom is -0.598 e. The van der Waals surface area contributed by atoms with E-state index in [0.717, 1.165) is 19.1 Å². The van der Waals surface area contributed by atoms with Crippen LogP contribution in [0.5, 0.6) is 0 Å². The summed E-state index contributed by atoms with van der Waals surface area (Å²) in [6.45, 7) is 5.40. The molecule has 1 aromatic rings. The van der Waals surface area contributed by atoms with Crippen molar-refractivity contribution < 1.29 is 13.7 Å². The summed E-state index contributed by atoms with van der Waals surface area (Å²) in [4.78, 5) is 10.9. The quantitative estimate of drug-likeness (QED) is 0.593. The van der Waals surface area contributed by atoms with Crippen LogP contribution in [0.15, 0.2) is 18.2 Å². The van der Waals surface area contributed by atoms with Crippen LogP contribution in [0.2, 0.25) is 0 Å². The lowest BCUT2D eigenvalue weighted by atomic mass is 9.89. The van der Waals surface area contributed by atoms with E-state index < -0.39 is 16.9 Å². The van der Waals surface area contributed by atoms with Crippen molar-refractivity contribution >= 4 is 17.6 Å². The van der Waals surface area contributed by atoms with Gasteiger partial charge < -0.3 is 9.35 Å². The number of aldehydes is 1. The second kappa shape index (κ2) is 7.76. The number of nitrogens with one attached hydrogen (secondary N) is 1. The molecule has 3 nitrogen and oxygen atoms in total. The molecule has 0 aliphatic rings. The minimum absolute atomic E-state index is 0.0746. The van der Waals surface area contributed by atoms with Gasteiger partial charge in [0.05, 0.1) is 5.54 Å². The van der Waals surface area contributed by atoms with Gasteiger partial charge in [0, 0.05) is 23.3 Å². The number of carbonyl (C=O) groups excluding carboxylic acids is 1. The largest absolute Gasteiger partial charge is 0.598 e. The van der Waals surface area contributed by atoms with Crippen LogP contribution >= 0.6 is 0 Å². The third-order valence-corrected chi connectivity index (χ3v) is 4.64. The highest BCUT2D eigenvalue weighted by molar-refractivity contribution is 7.89. The van der Waals surface area contributed by atoms with Crippen LogP contribution < -0.4 is 4.72 Å². The van der Waals surface area contributed by atoms with E-state index in [1.165, 1.54) is 0 Å². The highest BCUT2D eigenvalue weighted by atomic mass is 32.2. The van der Waals surface area contributed by atoms with Gasteiger partial charge in [0.25, 0.3) is 0 Å². The van der Waals surface area contributed by atoms with Crippen LogP contribution in [0, 0.1) is 12.7 Å². The average Bonchev–Trinajstić information content (AvgIpc) is 2.39. The van der Waals surface area contributed by atoms with Crippen molar-refractivity contribution in [1.82, 2.24) is 4.72 Å². The van der Waals surface area contributed by atoms with Crippen molar-refractivity contribution in [2.45, 2.75) is 45.6 Å². The maximum Gasteiger partial charge on any atom is 0.131 e. The Labute approximate surface area is 123 Å². The van der Waals surface area contributed by atoms with Gasteiger partial charge in [-0.1, -0.05) is 31.5 Å². The first kappa shape index (κ1) is 17.1. The number of benzene rings is 1. The molecule has 0 saturated heterocycles. The summed E-state index contributed by atoms with van der Waals surface area (Å²) < 4.78 is 29.2. The highest BCUT2D eigenvalue weighted by Crippen LogP contribution is 2.28. The maximum atomic E-state index is 14.3. The van der Waals surface area contributed by atoms with E-state index in [4.69, 9.17) is 0 Å². The number of aryl methyl sites for hydroxylation is 1. The Morgan fingerprint density at radius 3 is 2.80 bits per heavy atom. The van der Waals surface area contributed by atoms with Crippen LogP contribution in [0.1, 0.15) is 44.2 Å². The zero-order chi connectivity index (χ0) is 15.2. The summed E-state index contributed by atoms with van der Waals surface area (Å²) in [5.74, 6) is 0.148. The molecular formula is C15H22FNO2S. The van der Waals surface area contributed by atoms with Crippen molar-refractivity contribution in [3.05, 3.63) is 35.1 Å². The standard InChI is InChI=1S/C15H22FNO2S/c1-4-5-11-20(19)17-15(3,9-10-18)13-8-6-7-12(2)14(13)16/h6-8,10,17H,4-5,9,11H2,1-3H3/t15-,20?/m0/s1. The molecule has 5 heteroatoms. The van der Waals surface area contributed by atoms with E-state index in [1.54, 1.807) is 32.0 Å². The van der Waals surface area contributed by atoms with E-state index >= 15 is 0 Å². The van der Waals surface area contributed by atoms with Crippen molar-refractivity contribution in [3.8, 4) is 0 Å². The molecule has 112 valence electrons. The number of hydrogen-bond acceptors (Lipinski definition) is 3. The first-order valence-corrected chi connectivity index (χ1v) is 8.12. The Hall–Kier alpha value is -0.910. The molecular weight excluding hydrogens is 277 g/mol. The fraction of sp³-hybridized carbons (Fsp3) is 0.533. The van der Waals surface area contributed by atoms with Gasteiger partial charge in [-0.2, -0.15) is 0 Å². The first-order valence-electron chi connectivity index (χ1n) is 6.80. The van der Waals surface area contributed by atoms with Gasteiger partial charge in [0.1, 0.15) is 17.9 Å². The van der Waals surface area contributed by atoms with Crippen LogP contribution in [0.3, 0.4) is 0 Å². The molecule has 1 N–H and O–H groups in total. The van der Waals surface area contributed by atoms with Crippen LogP contribution in [0.4, 0.5) is 4.39 Å². The molecule has 0 saturated carbocycles. The summed E-state index contributed by atoms with van der Waals surface area (Å²) in [5.41, 5.74) is -0.0496. The van der Waals surface area contributed by atoms with Crippen molar-refractivity contribution in [2.24, 2.45) is 0 Å². The molecule has 0 aromatic heterocycles.